The second-order valence-electron chi connectivity index (χ2n) is 6.24. The fourth-order valence-corrected chi connectivity index (χ4v) is 2.95. The average molecular weight is 385 g/mol. The number of hydrazone groups is 1. The molecule has 0 saturated heterocycles. The minimum Gasteiger partial charge on any atom is -0.272 e. The second kappa shape index (κ2) is 7.73. The smallest absolute Gasteiger partial charge is 0.272 e. The molecule has 0 fully saturated rings. The van der Waals surface area contributed by atoms with Crippen molar-refractivity contribution in [1.82, 2.24) is 15.6 Å². The molecule has 0 aliphatic carbocycles. The number of carbonyl (C=O) groups excluding carboxylic acids is 1. The molecule has 1 heterocycles. The average Bonchev–Trinajstić information content (AvgIpc) is 3.24. The van der Waals surface area contributed by atoms with Crippen LogP contribution in [0.5, 0.6) is 0 Å². The number of nitrogens with one attached hydrogen (secondary N) is 2. The molecular formula is C21H15N5O3. The molecule has 4 aromatic rings. The van der Waals surface area contributed by atoms with Gasteiger partial charge in [0.2, 0.25) is 0 Å². The first-order valence-corrected chi connectivity index (χ1v) is 8.73. The molecule has 0 spiro atoms. The monoisotopic (exact) mass is 385 g/mol. The van der Waals surface area contributed by atoms with Gasteiger partial charge >= 0.3 is 0 Å². The Hall–Kier alpha value is -4.33. The number of aromatic nitrogens is 2. The van der Waals surface area contributed by atoms with Crippen molar-refractivity contribution in [2.45, 2.75) is 0 Å². The minimum absolute atomic E-state index is 0.0452. The number of nitro groups is 1. The van der Waals surface area contributed by atoms with Gasteiger partial charge in [0.15, 0.2) is 0 Å². The number of hydrogen-bond acceptors (Lipinski definition) is 5. The van der Waals surface area contributed by atoms with E-state index < -0.39 is 10.8 Å². The Balaban J connectivity index is 1.49. The third-order valence-corrected chi connectivity index (χ3v) is 4.37. The number of rotatable bonds is 5. The highest BCUT2D eigenvalue weighted by molar-refractivity contribution is 6.00. The zero-order valence-corrected chi connectivity index (χ0v) is 15.1. The molecule has 0 bridgehead atoms. The molecule has 0 aliphatic rings. The summed E-state index contributed by atoms with van der Waals surface area (Å²) in [6.07, 6.45) is 1.58. The topological polar surface area (TPSA) is 113 Å². The molecule has 8 nitrogen and oxygen atoms in total. The minimum atomic E-state index is -0.480. The Bertz CT molecular complexity index is 1240. The maximum Gasteiger partial charge on any atom is 0.289 e. The van der Waals surface area contributed by atoms with Crippen molar-refractivity contribution in [3.05, 3.63) is 94.2 Å². The summed E-state index contributed by atoms with van der Waals surface area (Å²) in [7, 11) is 0. The predicted octanol–water partition coefficient (Wildman–Crippen LogP) is 3.90. The fourth-order valence-electron chi connectivity index (χ4n) is 2.95. The lowest BCUT2D eigenvalue weighted by Gasteiger charge is -2.01. The number of hydrogen-bond donors (Lipinski definition) is 2. The van der Waals surface area contributed by atoms with E-state index in [1.807, 2.05) is 42.5 Å². The summed E-state index contributed by atoms with van der Waals surface area (Å²) >= 11 is 0. The van der Waals surface area contributed by atoms with E-state index in [1.54, 1.807) is 18.3 Å². The van der Waals surface area contributed by atoms with Crippen molar-refractivity contribution in [2.24, 2.45) is 5.10 Å². The zero-order valence-electron chi connectivity index (χ0n) is 15.1. The van der Waals surface area contributed by atoms with Crippen molar-refractivity contribution >= 4 is 28.6 Å². The van der Waals surface area contributed by atoms with Gasteiger partial charge in [-0.05, 0) is 16.8 Å². The molecule has 142 valence electrons. The first kappa shape index (κ1) is 18.1. The van der Waals surface area contributed by atoms with E-state index in [0.29, 0.717) is 11.3 Å². The van der Waals surface area contributed by atoms with Crippen LogP contribution in [0.2, 0.25) is 0 Å². The van der Waals surface area contributed by atoms with Crippen LogP contribution in [0, 0.1) is 10.1 Å². The Morgan fingerprint density at radius 2 is 1.86 bits per heavy atom. The van der Waals surface area contributed by atoms with Crippen LogP contribution in [-0.2, 0) is 0 Å². The molecule has 3 aromatic carbocycles. The van der Waals surface area contributed by atoms with E-state index in [-0.39, 0.29) is 11.4 Å². The maximum absolute atomic E-state index is 12.3. The molecule has 0 unspecified atom stereocenters. The van der Waals surface area contributed by atoms with Gasteiger partial charge in [0.05, 0.1) is 16.8 Å². The molecule has 0 aliphatic heterocycles. The fraction of sp³-hybridized carbons (Fsp3) is 0. The van der Waals surface area contributed by atoms with E-state index in [4.69, 9.17) is 0 Å². The lowest BCUT2D eigenvalue weighted by molar-refractivity contribution is -0.384. The number of H-pyrrole nitrogens is 1. The summed E-state index contributed by atoms with van der Waals surface area (Å²) in [6, 6.07) is 21.3. The first-order valence-electron chi connectivity index (χ1n) is 8.73. The highest BCUT2D eigenvalue weighted by atomic mass is 16.6. The van der Waals surface area contributed by atoms with Crippen molar-refractivity contribution in [2.75, 3.05) is 0 Å². The van der Waals surface area contributed by atoms with Crippen LogP contribution in [0.15, 0.2) is 77.9 Å². The molecule has 1 amide bonds. The van der Waals surface area contributed by atoms with E-state index in [2.05, 4.69) is 20.7 Å². The lowest BCUT2D eigenvalue weighted by atomic mass is 10.1. The lowest BCUT2D eigenvalue weighted by Crippen LogP contribution is -2.18. The predicted molar refractivity (Wildman–Crippen MR) is 110 cm³/mol. The molecule has 0 atom stereocenters. The van der Waals surface area contributed by atoms with E-state index in [9.17, 15) is 14.9 Å². The van der Waals surface area contributed by atoms with E-state index in [0.717, 1.165) is 16.3 Å². The van der Waals surface area contributed by atoms with Crippen molar-refractivity contribution in [3.8, 4) is 11.3 Å². The zero-order chi connectivity index (χ0) is 20.2. The first-order chi connectivity index (χ1) is 14.1. The molecule has 4 rings (SSSR count). The number of carbonyl (C=O) groups is 1. The van der Waals surface area contributed by atoms with Gasteiger partial charge in [0, 0.05) is 23.3 Å². The summed E-state index contributed by atoms with van der Waals surface area (Å²) in [5.74, 6) is -0.467. The maximum atomic E-state index is 12.3. The molecule has 29 heavy (non-hydrogen) atoms. The van der Waals surface area contributed by atoms with Crippen LogP contribution >= 0.6 is 0 Å². The summed E-state index contributed by atoms with van der Waals surface area (Å²) in [4.78, 5) is 22.7. The van der Waals surface area contributed by atoms with Crippen LogP contribution in [0.25, 0.3) is 22.0 Å². The number of aromatic amines is 1. The Morgan fingerprint density at radius 3 is 2.72 bits per heavy atom. The van der Waals surface area contributed by atoms with E-state index >= 15 is 0 Å². The number of benzene rings is 3. The third-order valence-electron chi connectivity index (χ3n) is 4.37. The standard InChI is InChI=1S/C21H15N5O3/c27-21(25-22-13-16-8-3-6-14-5-1-2-10-18(14)16)20-12-19(23-24-20)15-7-4-9-17(11-15)26(28)29/h1-13H,(H,23,24)(H,25,27)/b22-13+. The second-order valence-corrected chi connectivity index (χ2v) is 6.24. The number of amides is 1. The quantitative estimate of drug-likeness (QED) is 0.308. The molecule has 2 N–H and O–H groups in total. The van der Waals surface area contributed by atoms with Gasteiger partial charge in [-0.1, -0.05) is 54.6 Å². The van der Waals surface area contributed by atoms with Crippen molar-refractivity contribution < 1.29 is 9.72 Å². The molecule has 1 aromatic heterocycles. The van der Waals surface area contributed by atoms with Crippen molar-refractivity contribution in [3.63, 3.8) is 0 Å². The van der Waals surface area contributed by atoms with Crippen LogP contribution in [0.4, 0.5) is 5.69 Å². The Labute approximate surface area is 165 Å². The van der Waals surface area contributed by atoms with Gasteiger partial charge in [-0.2, -0.15) is 10.2 Å². The van der Waals surface area contributed by atoms with Gasteiger partial charge in [-0.3, -0.25) is 20.0 Å². The highest BCUT2D eigenvalue weighted by Gasteiger charge is 2.13. The Kier molecular flexibility index (Phi) is 4.81. The van der Waals surface area contributed by atoms with Gasteiger partial charge in [0.1, 0.15) is 5.69 Å². The van der Waals surface area contributed by atoms with Gasteiger partial charge in [0.25, 0.3) is 11.6 Å². The van der Waals surface area contributed by atoms with Crippen LogP contribution in [0.1, 0.15) is 16.1 Å². The normalized spacial score (nSPS) is 11.0. The highest BCUT2D eigenvalue weighted by Crippen LogP contribution is 2.22. The van der Waals surface area contributed by atoms with Gasteiger partial charge in [-0.15, -0.1) is 0 Å². The number of nitro benzene ring substituents is 1. The summed E-state index contributed by atoms with van der Waals surface area (Å²) < 4.78 is 0. The molecule has 8 heteroatoms. The van der Waals surface area contributed by atoms with Crippen LogP contribution < -0.4 is 5.43 Å². The largest absolute Gasteiger partial charge is 0.289 e. The van der Waals surface area contributed by atoms with Gasteiger partial charge < -0.3 is 0 Å². The van der Waals surface area contributed by atoms with Gasteiger partial charge in [-0.25, -0.2) is 5.43 Å². The number of fused-ring (bicyclic) bond motifs is 1. The summed E-state index contributed by atoms with van der Waals surface area (Å²) in [5.41, 5.74) is 4.45. The number of nitrogens with zero attached hydrogens (tertiary/aromatic N) is 3. The Morgan fingerprint density at radius 1 is 1.07 bits per heavy atom. The third kappa shape index (κ3) is 3.86. The summed E-state index contributed by atoms with van der Waals surface area (Å²) in [6.45, 7) is 0. The molecule has 0 radical (unpaired) electrons. The summed E-state index contributed by atoms with van der Waals surface area (Å²) in [5, 5.41) is 23.7. The van der Waals surface area contributed by atoms with Crippen LogP contribution in [-0.4, -0.2) is 27.2 Å². The van der Waals surface area contributed by atoms with E-state index in [1.165, 1.54) is 18.2 Å². The van der Waals surface area contributed by atoms with Crippen molar-refractivity contribution in [1.29, 1.82) is 0 Å². The number of non-ortho nitro benzene ring substituents is 1. The SMILES string of the molecule is O=C(N/N=C/c1cccc2ccccc12)c1cc(-c2cccc([N+](=O)[O-])c2)n[nH]1. The molecule has 0 saturated carbocycles. The van der Waals surface area contributed by atoms with Crippen LogP contribution in [0.3, 0.4) is 0 Å². The molecular weight excluding hydrogens is 370 g/mol.